The predicted octanol–water partition coefficient (Wildman–Crippen LogP) is 3.73. The summed E-state index contributed by atoms with van der Waals surface area (Å²) in [6.07, 6.45) is 5.52. The molecule has 5 heteroatoms. The zero-order chi connectivity index (χ0) is 16.8. The summed E-state index contributed by atoms with van der Waals surface area (Å²) in [7, 11) is 0. The molecule has 1 aliphatic carbocycles. The van der Waals surface area contributed by atoms with Gasteiger partial charge < -0.3 is 5.32 Å². The van der Waals surface area contributed by atoms with E-state index in [1.165, 1.54) is 23.3 Å². The standard InChI is InChI=1S/C18H25N3OS/c1-4-21(11-13(2)3)12-17(22)20-18-15(10-19)14-8-6-5-7-9-16(14)23-18/h2,4-9,11-12H2,1,3H3,(H,20,22). The van der Waals surface area contributed by atoms with Crippen molar-refractivity contribution in [2.24, 2.45) is 0 Å². The minimum Gasteiger partial charge on any atom is -0.315 e. The fourth-order valence-corrected chi connectivity index (χ4v) is 4.24. The van der Waals surface area contributed by atoms with E-state index in [0.29, 0.717) is 12.1 Å². The first-order chi connectivity index (χ1) is 11.0. The summed E-state index contributed by atoms with van der Waals surface area (Å²) in [5, 5.41) is 13.2. The van der Waals surface area contributed by atoms with Gasteiger partial charge in [-0.3, -0.25) is 9.69 Å². The van der Waals surface area contributed by atoms with Crippen LogP contribution in [0.15, 0.2) is 12.2 Å². The fraction of sp³-hybridized carbons (Fsp3) is 0.556. The highest BCUT2D eigenvalue weighted by Crippen LogP contribution is 2.36. The molecule has 0 fully saturated rings. The summed E-state index contributed by atoms with van der Waals surface area (Å²) in [4.78, 5) is 15.7. The molecule has 2 rings (SSSR count). The van der Waals surface area contributed by atoms with Gasteiger partial charge in [0, 0.05) is 11.4 Å². The van der Waals surface area contributed by atoms with Crippen LogP contribution in [0.4, 0.5) is 5.00 Å². The van der Waals surface area contributed by atoms with Gasteiger partial charge >= 0.3 is 0 Å². The maximum absolute atomic E-state index is 12.3. The Labute approximate surface area is 142 Å². The maximum Gasteiger partial charge on any atom is 0.239 e. The highest BCUT2D eigenvalue weighted by atomic mass is 32.1. The second kappa shape index (κ2) is 8.28. The van der Waals surface area contributed by atoms with Crippen LogP contribution in [-0.4, -0.2) is 30.4 Å². The largest absolute Gasteiger partial charge is 0.315 e. The molecule has 1 aromatic rings. The smallest absolute Gasteiger partial charge is 0.239 e. The molecule has 0 aliphatic heterocycles. The lowest BCUT2D eigenvalue weighted by molar-refractivity contribution is -0.117. The average molecular weight is 331 g/mol. The normalized spacial score (nSPS) is 14.0. The van der Waals surface area contributed by atoms with Gasteiger partial charge in [0.15, 0.2) is 0 Å². The highest BCUT2D eigenvalue weighted by molar-refractivity contribution is 7.16. The molecule has 0 bridgehead atoms. The SMILES string of the molecule is C=C(C)CN(CC)CC(=O)Nc1sc2c(c1C#N)CCCCC2. The van der Waals surface area contributed by atoms with Crippen LogP contribution in [0.25, 0.3) is 0 Å². The van der Waals surface area contributed by atoms with Gasteiger partial charge in [0.1, 0.15) is 11.1 Å². The summed E-state index contributed by atoms with van der Waals surface area (Å²) in [6.45, 7) is 9.74. The number of anilines is 1. The van der Waals surface area contributed by atoms with Crippen LogP contribution in [0.3, 0.4) is 0 Å². The Balaban J connectivity index is 2.09. The summed E-state index contributed by atoms with van der Waals surface area (Å²) in [5.41, 5.74) is 2.89. The van der Waals surface area contributed by atoms with E-state index in [1.807, 2.05) is 18.7 Å². The number of fused-ring (bicyclic) bond motifs is 1. The number of carbonyl (C=O) groups excluding carboxylic acids is 1. The fourth-order valence-electron chi connectivity index (χ4n) is 2.98. The van der Waals surface area contributed by atoms with Gasteiger partial charge in [-0.25, -0.2) is 0 Å². The van der Waals surface area contributed by atoms with Crippen molar-refractivity contribution in [2.45, 2.75) is 46.0 Å². The summed E-state index contributed by atoms with van der Waals surface area (Å²) >= 11 is 1.59. The van der Waals surface area contributed by atoms with E-state index in [9.17, 15) is 10.1 Å². The Kier molecular flexibility index (Phi) is 6.37. The summed E-state index contributed by atoms with van der Waals surface area (Å²) < 4.78 is 0. The molecule has 0 saturated carbocycles. The van der Waals surface area contributed by atoms with Gasteiger partial charge in [-0.1, -0.05) is 25.5 Å². The molecular formula is C18H25N3OS. The Hall–Kier alpha value is -1.64. The van der Waals surface area contributed by atoms with Crippen LogP contribution in [-0.2, 0) is 17.6 Å². The molecule has 0 unspecified atom stereocenters. The van der Waals surface area contributed by atoms with Crippen LogP contribution < -0.4 is 5.32 Å². The lowest BCUT2D eigenvalue weighted by atomic mass is 10.1. The molecule has 1 aromatic heterocycles. The highest BCUT2D eigenvalue weighted by Gasteiger charge is 2.21. The van der Waals surface area contributed by atoms with Crippen molar-refractivity contribution < 1.29 is 4.79 Å². The van der Waals surface area contributed by atoms with Crippen LogP contribution in [0.5, 0.6) is 0 Å². The number of nitrogens with one attached hydrogen (secondary N) is 1. The lowest BCUT2D eigenvalue weighted by Crippen LogP contribution is -2.34. The number of aryl methyl sites for hydroxylation is 1. The molecule has 1 heterocycles. The number of carbonyl (C=O) groups is 1. The van der Waals surface area contributed by atoms with Crippen molar-refractivity contribution in [3.05, 3.63) is 28.2 Å². The van der Waals surface area contributed by atoms with Crippen molar-refractivity contribution in [3.8, 4) is 6.07 Å². The molecule has 0 radical (unpaired) electrons. The zero-order valence-corrected chi connectivity index (χ0v) is 14.9. The number of amides is 1. The Morgan fingerprint density at radius 2 is 2.09 bits per heavy atom. The quantitative estimate of drug-likeness (QED) is 0.638. The van der Waals surface area contributed by atoms with Gasteiger partial charge in [0.25, 0.3) is 0 Å². The molecule has 1 aliphatic rings. The molecule has 0 saturated heterocycles. The van der Waals surface area contributed by atoms with Gasteiger partial charge in [0.05, 0.1) is 12.1 Å². The van der Waals surface area contributed by atoms with E-state index in [1.54, 1.807) is 11.3 Å². The van der Waals surface area contributed by atoms with Crippen molar-refractivity contribution in [1.82, 2.24) is 4.90 Å². The van der Waals surface area contributed by atoms with E-state index < -0.39 is 0 Å². The number of thiophene rings is 1. The molecule has 1 N–H and O–H groups in total. The Morgan fingerprint density at radius 3 is 2.74 bits per heavy atom. The molecule has 0 atom stereocenters. The van der Waals surface area contributed by atoms with Gasteiger partial charge in [-0.2, -0.15) is 5.26 Å². The molecule has 124 valence electrons. The number of rotatable bonds is 6. The molecule has 1 amide bonds. The Morgan fingerprint density at radius 1 is 1.35 bits per heavy atom. The number of nitriles is 1. The van der Waals surface area contributed by atoms with Crippen molar-refractivity contribution >= 4 is 22.2 Å². The number of hydrogen-bond donors (Lipinski definition) is 1. The summed E-state index contributed by atoms with van der Waals surface area (Å²) in [5.74, 6) is -0.0546. The minimum absolute atomic E-state index is 0.0546. The molecule has 23 heavy (non-hydrogen) atoms. The molecule has 0 spiro atoms. The van der Waals surface area contributed by atoms with E-state index in [0.717, 1.165) is 42.9 Å². The zero-order valence-electron chi connectivity index (χ0n) is 14.1. The van der Waals surface area contributed by atoms with Crippen molar-refractivity contribution in [1.29, 1.82) is 5.26 Å². The van der Waals surface area contributed by atoms with Crippen molar-refractivity contribution in [2.75, 3.05) is 25.0 Å². The third-order valence-electron chi connectivity index (χ3n) is 4.09. The monoisotopic (exact) mass is 331 g/mol. The first kappa shape index (κ1) is 17.7. The second-order valence-corrected chi connectivity index (χ2v) is 7.29. The van der Waals surface area contributed by atoms with Crippen LogP contribution in [0.1, 0.15) is 49.1 Å². The molecular weight excluding hydrogens is 306 g/mol. The number of hydrogen-bond acceptors (Lipinski definition) is 4. The third-order valence-corrected chi connectivity index (χ3v) is 5.30. The minimum atomic E-state index is -0.0546. The van der Waals surface area contributed by atoms with Crippen LogP contribution >= 0.6 is 11.3 Å². The predicted molar refractivity (Wildman–Crippen MR) is 95.9 cm³/mol. The van der Waals surface area contributed by atoms with E-state index in [-0.39, 0.29) is 5.91 Å². The van der Waals surface area contributed by atoms with Gasteiger partial charge in [-0.05, 0) is 44.7 Å². The van der Waals surface area contributed by atoms with E-state index in [4.69, 9.17) is 0 Å². The number of nitrogens with zero attached hydrogens (tertiary/aromatic N) is 2. The van der Waals surface area contributed by atoms with E-state index >= 15 is 0 Å². The van der Waals surface area contributed by atoms with Crippen LogP contribution in [0.2, 0.25) is 0 Å². The third kappa shape index (κ3) is 4.66. The Bertz CT molecular complexity index is 627. The van der Waals surface area contributed by atoms with Gasteiger partial charge in [-0.15, -0.1) is 11.3 Å². The van der Waals surface area contributed by atoms with Gasteiger partial charge in [0.2, 0.25) is 5.91 Å². The average Bonchev–Trinajstić information content (AvgIpc) is 2.67. The van der Waals surface area contributed by atoms with Crippen molar-refractivity contribution in [3.63, 3.8) is 0 Å². The molecule has 0 aromatic carbocycles. The summed E-state index contributed by atoms with van der Waals surface area (Å²) in [6, 6.07) is 2.30. The van der Waals surface area contributed by atoms with Crippen LogP contribution in [0, 0.1) is 11.3 Å². The first-order valence-corrected chi connectivity index (χ1v) is 9.08. The maximum atomic E-state index is 12.3. The molecule has 4 nitrogen and oxygen atoms in total. The second-order valence-electron chi connectivity index (χ2n) is 6.19. The number of likely N-dealkylation sites (N-methyl/N-ethyl adjacent to an activating group) is 1. The lowest BCUT2D eigenvalue weighted by Gasteiger charge is -2.19. The van der Waals surface area contributed by atoms with E-state index in [2.05, 4.69) is 18.0 Å². The topological polar surface area (TPSA) is 56.1 Å². The first-order valence-electron chi connectivity index (χ1n) is 8.26.